The van der Waals surface area contributed by atoms with Gasteiger partial charge in [-0.15, -0.1) is 0 Å². The second-order valence-corrected chi connectivity index (χ2v) is 9.66. The molecule has 0 aromatic heterocycles. The van der Waals surface area contributed by atoms with Crippen LogP contribution in [-0.4, -0.2) is 26.1 Å². The van der Waals surface area contributed by atoms with E-state index >= 15 is 0 Å². The zero-order valence-electron chi connectivity index (χ0n) is 17.7. The van der Waals surface area contributed by atoms with Gasteiger partial charge in [0, 0.05) is 16.9 Å². The van der Waals surface area contributed by atoms with Crippen molar-refractivity contribution >= 4 is 68.0 Å². The Balaban J connectivity index is 1.46. The number of benzene rings is 3. The molecule has 0 aliphatic carbocycles. The highest BCUT2D eigenvalue weighted by Gasteiger charge is 2.39. The van der Waals surface area contributed by atoms with Gasteiger partial charge in [0.2, 0.25) is 10.0 Å². The fourth-order valence-corrected chi connectivity index (χ4v) is 4.19. The van der Waals surface area contributed by atoms with Gasteiger partial charge in [-0.25, -0.2) is 18.5 Å². The topological polar surface area (TPSA) is 139 Å². The summed E-state index contributed by atoms with van der Waals surface area (Å²) in [4.78, 5) is 38.8. The Labute approximate surface area is 210 Å². The molecule has 12 heteroatoms. The van der Waals surface area contributed by atoms with Gasteiger partial charge in [-0.1, -0.05) is 35.3 Å². The summed E-state index contributed by atoms with van der Waals surface area (Å²) < 4.78 is 22.7. The molecule has 178 valence electrons. The maximum atomic E-state index is 12.9. The molecule has 1 heterocycles. The first-order chi connectivity index (χ1) is 16.6. The minimum absolute atomic E-state index is 0.0769. The number of nitrogens with two attached hydrogens (primary N) is 1. The molecule has 0 fully saturated rings. The largest absolute Gasteiger partial charge is 0.350 e. The van der Waals surface area contributed by atoms with E-state index in [1.54, 1.807) is 18.2 Å². The van der Waals surface area contributed by atoms with E-state index in [9.17, 15) is 22.8 Å². The number of hydrogen-bond donors (Lipinski definition) is 3. The summed E-state index contributed by atoms with van der Waals surface area (Å²) >= 11 is 12.3. The molecule has 3 aromatic carbocycles. The van der Waals surface area contributed by atoms with Gasteiger partial charge in [-0.3, -0.25) is 14.4 Å². The summed E-state index contributed by atoms with van der Waals surface area (Å²) in [6, 6.07) is 17.8. The summed E-state index contributed by atoms with van der Waals surface area (Å²) in [6.45, 7) is 0. The number of primary sulfonamides is 1. The van der Waals surface area contributed by atoms with Crippen LogP contribution in [0.3, 0.4) is 0 Å². The minimum Gasteiger partial charge on any atom is -0.350 e. The number of halogens is 2. The smallest absolute Gasteiger partial charge is 0.283 e. The zero-order valence-corrected chi connectivity index (χ0v) is 20.0. The van der Waals surface area contributed by atoms with Crippen molar-refractivity contribution in [3.8, 4) is 0 Å². The highest BCUT2D eigenvalue weighted by Crippen LogP contribution is 2.34. The molecule has 4 rings (SSSR count). The molecule has 1 aliphatic heterocycles. The Morgan fingerprint density at radius 2 is 1.43 bits per heavy atom. The van der Waals surface area contributed by atoms with Crippen LogP contribution in [0.2, 0.25) is 5.02 Å². The first-order valence-corrected chi connectivity index (χ1v) is 12.2. The molecule has 0 saturated heterocycles. The van der Waals surface area contributed by atoms with Gasteiger partial charge < -0.3 is 10.6 Å². The van der Waals surface area contributed by atoms with Crippen LogP contribution in [0.5, 0.6) is 0 Å². The molecule has 0 saturated carbocycles. The van der Waals surface area contributed by atoms with Gasteiger partial charge in [0.1, 0.15) is 10.7 Å². The lowest BCUT2D eigenvalue weighted by Crippen LogP contribution is -2.32. The number of nitrogens with zero attached hydrogens (tertiary/aromatic N) is 1. The number of nitrogens with one attached hydrogen (secondary N) is 2. The second-order valence-electron chi connectivity index (χ2n) is 7.31. The van der Waals surface area contributed by atoms with Crippen LogP contribution < -0.4 is 20.7 Å². The third kappa shape index (κ3) is 5.05. The summed E-state index contributed by atoms with van der Waals surface area (Å²) in [5.74, 6) is -1.83. The zero-order chi connectivity index (χ0) is 25.3. The van der Waals surface area contributed by atoms with Crippen LogP contribution in [0.1, 0.15) is 10.4 Å². The van der Waals surface area contributed by atoms with E-state index in [0.29, 0.717) is 11.4 Å². The van der Waals surface area contributed by atoms with Crippen molar-refractivity contribution in [3.63, 3.8) is 0 Å². The van der Waals surface area contributed by atoms with E-state index in [0.717, 1.165) is 4.90 Å². The minimum atomic E-state index is -3.84. The van der Waals surface area contributed by atoms with Gasteiger partial charge in [-0.05, 0) is 60.7 Å². The van der Waals surface area contributed by atoms with Crippen LogP contribution in [-0.2, 0) is 19.6 Å². The van der Waals surface area contributed by atoms with E-state index in [1.165, 1.54) is 54.6 Å². The number of anilines is 3. The molecule has 0 unspecified atom stereocenters. The lowest BCUT2D eigenvalue weighted by atomic mass is 10.2. The molecule has 0 atom stereocenters. The van der Waals surface area contributed by atoms with E-state index in [1.807, 2.05) is 0 Å². The van der Waals surface area contributed by atoms with E-state index in [-0.39, 0.29) is 31.9 Å². The SMILES string of the molecule is NS(=O)(=O)c1ccc(NC(=O)c2ccc(NC3=C(Cl)C(=O)N(c4ccccc4Cl)C3=O)cc2)cc1. The maximum Gasteiger partial charge on any atom is 0.283 e. The van der Waals surface area contributed by atoms with Crippen LogP contribution in [0.15, 0.2) is 88.4 Å². The average molecular weight is 531 g/mol. The van der Waals surface area contributed by atoms with E-state index < -0.39 is 27.7 Å². The summed E-state index contributed by atoms with van der Waals surface area (Å²) in [7, 11) is -3.84. The van der Waals surface area contributed by atoms with Gasteiger partial charge in [0.05, 0.1) is 15.6 Å². The molecule has 3 aromatic rings. The summed E-state index contributed by atoms with van der Waals surface area (Å²) in [5.41, 5.74) is 1.16. The van der Waals surface area contributed by atoms with Crippen molar-refractivity contribution in [3.05, 3.63) is 94.1 Å². The Morgan fingerprint density at radius 1 is 0.829 bits per heavy atom. The Hall–Kier alpha value is -3.70. The van der Waals surface area contributed by atoms with Crippen LogP contribution in [0, 0.1) is 0 Å². The number of amides is 3. The van der Waals surface area contributed by atoms with Gasteiger partial charge in [0.25, 0.3) is 17.7 Å². The predicted molar refractivity (Wildman–Crippen MR) is 133 cm³/mol. The number of carbonyl (C=O) groups is 3. The van der Waals surface area contributed by atoms with Crippen LogP contribution in [0.25, 0.3) is 0 Å². The number of carbonyl (C=O) groups excluding carboxylic acids is 3. The summed E-state index contributed by atoms with van der Waals surface area (Å²) in [6.07, 6.45) is 0. The highest BCUT2D eigenvalue weighted by atomic mass is 35.5. The van der Waals surface area contributed by atoms with Crippen molar-refractivity contribution in [1.82, 2.24) is 0 Å². The fourth-order valence-electron chi connectivity index (χ4n) is 3.24. The molecule has 3 amide bonds. The highest BCUT2D eigenvalue weighted by molar-refractivity contribution is 7.89. The van der Waals surface area contributed by atoms with Crippen LogP contribution in [0.4, 0.5) is 17.1 Å². The quantitative estimate of drug-likeness (QED) is 0.415. The fraction of sp³-hybridized carbons (Fsp3) is 0. The number of imide groups is 1. The molecular formula is C23H16Cl2N4O5S. The monoisotopic (exact) mass is 530 g/mol. The lowest BCUT2D eigenvalue weighted by Gasteiger charge is -2.16. The van der Waals surface area contributed by atoms with Crippen molar-refractivity contribution in [2.75, 3.05) is 15.5 Å². The Bertz CT molecular complexity index is 1490. The number of hydrogen-bond acceptors (Lipinski definition) is 6. The molecular weight excluding hydrogens is 515 g/mol. The number of para-hydroxylation sites is 1. The van der Waals surface area contributed by atoms with Crippen LogP contribution >= 0.6 is 23.2 Å². The predicted octanol–water partition coefficient (Wildman–Crippen LogP) is 3.68. The number of sulfonamides is 1. The van der Waals surface area contributed by atoms with Crippen molar-refractivity contribution < 1.29 is 22.8 Å². The maximum absolute atomic E-state index is 12.9. The molecule has 9 nitrogen and oxygen atoms in total. The average Bonchev–Trinajstić information content (AvgIpc) is 3.03. The molecule has 35 heavy (non-hydrogen) atoms. The van der Waals surface area contributed by atoms with E-state index in [2.05, 4.69) is 10.6 Å². The van der Waals surface area contributed by atoms with Crippen molar-refractivity contribution in [2.24, 2.45) is 5.14 Å². The molecule has 1 aliphatic rings. The first kappa shape index (κ1) is 24.4. The Morgan fingerprint density at radius 3 is 2.03 bits per heavy atom. The summed E-state index contributed by atoms with van der Waals surface area (Å²) in [5, 5.41) is 10.4. The normalized spacial score (nSPS) is 13.9. The first-order valence-electron chi connectivity index (χ1n) is 9.90. The molecule has 4 N–H and O–H groups in total. The van der Waals surface area contributed by atoms with Gasteiger partial charge >= 0.3 is 0 Å². The molecule has 0 bridgehead atoms. The van der Waals surface area contributed by atoms with E-state index in [4.69, 9.17) is 28.3 Å². The lowest BCUT2D eigenvalue weighted by molar-refractivity contribution is -0.120. The third-order valence-corrected chi connectivity index (χ3v) is 6.58. The van der Waals surface area contributed by atoms with Crippen molar-refractivity contribution in [1.29, 1.82) is 0 Å². The van der Waals surface area contributed by atoms with Crippen molar-refractivity contribution in [2.45, 2.75) is 4.90 Å². The Kier molecular flexibility index (Phi) is 6.64. The standard InChI is InChI=1S/C23H16Cl2N4O5S/c24-17-3-1-2-4-18(17)29-22(31)19(25)20(23(29)32)27-14-7-5-13(6-8-14)21(30)28-15-9-11-16(12-10-15)35(26,33)34/h1-12,27H,(H,28,30)(H2,26,33,34). The number of rotatable bonds is 6. The second kappa shape index (κ2) is 9.51. The molecule has 0 spiro atoms. The van der Waals surface area contributed by atoms with Gasteiger partial charge in [-0.2, -0.15) is 0 Å². The molecule has 0 radical (unpaired) electrons. The van der Waals surface area contributed by atoms with Gasteiger partial charge in [0.15, 0.2) is 0 Å². The third-order valence-electron chi connectivity index (χ3n) is 4.98.